The number of oxime groups is 1. The van der Waals surface area contributed by atoms with E-state index in [9.17, 15) is 19.5 Å². The van der Waals surface area contributed by atoms with E-state index in [4.69, 9.17) is 21.1 Å². The molecule has 0 aliphatic carbocycles. The number of aliphatic hydroxyl groups is 1. The minimum atomic E-state index is -1.26. The minimum absolute atomic E-state index is 0.00891. The quantitative estimate of drug-likeness (QED) is 0.245. The van der Waals surface area contributed by atoms with Crippen molar-refractivity contribution in [1.82, 2.24) is 10.2 Å². The Morgan fingerprint density at radius 2 is 1.81 bits per heavy atom. The maximum Gasteiger partial charge on any atom is 0.274 e. The Kier molecular flexibility index (Phi) is 7.45. The predicted molar refractivity (Wildman–Crippen MR) is 137 cm³/mol. The van der Waals surface area contributed by atoms with Gasteiger partial charge in [0.2, 0.25) is 0 Å². The lowest BCUT2D eigenvalue weighted by Gasteiger charge is -2.29. The van der Waals surface area contributed by atoms with Gasteiger partial charge in [0.05, 0.1) is 6.04 Å². The van der Waals surface area contributed by atoms with Gasteiger partial charge >= 0.3 is 0 Å². The summed E-state index contributed by atoms with van der Waals surface area (Å²) in [7, 11) is 0. The first-order chi connectivity index (χ1) is 17.9. The first kappa shape index (κ1) is 25.3. The van der Waals surface area contributed by atoms with Gasteiger partial charge in [-0.3, -0.25) is 4.79 Å². The van der Waals surface area contributed by atoms with Gasteiger partial charge in [0.15, 0.2) is 23.0 Å². The molecule has 1 amide bonds. The van der Waals surface area contributed by atoms with Gasteiger partial charge in [-0.1, -0.05) is 35.0 Å². The third kappa shape index (κ3) is 5.49. The molecule has 8 nitrogen and oxygen atoms in total. The predicted octanol–water partition coefficient (Wildman–Crippen LogP) is 3.90. The summed E-state index contributed by atoms with van der Waals surface area (Å²) in [4.78, 5) is 15.4. The van der Waals surface area contributed by atoms with E-state index in [-0.39, 0.29) is 36.0 Å². The topological polar surface area (TPSA) is 104 Å². The molecule has 2 aliphatic heterocycles. The van der Waals surface area contributed by atoms with Gasteiger partial charge < -0.3 is 30.0 Å². The van der Waals surface area contributed by atoms with Gasteiger partial charge in [-0.2, -0.15) is 0 Å². The van der Waals surface area contributed by atoms with Crippen LogP contribution in [-0.2, 0) is 4.79 Å². The van der Waals surface area contributed by atoms with Crippen molar-refractivity contribution in [3.8, 4) is 11.5 Å². The SMILES string of the molecule is O=C(N[C@H](CN1CCCC1)[C@H](O)c1cc(F)c2c(c1)OCCO2)C(=NO)c1ccc2cc(Cl)ccc2c1. The summed E-state index contributed by atoms with van der Waals surface area (Å²) in [6, 6.07) is 12.4. The van der Waals surface area contributed by atoms with E-state index in [1.54, 1.807) is 30.3 Å². The molecule has 1 fully saturated rings. The Labute approximate surface area is 218 Å². The van der Waals surface area contributed by atoms with Crippen molar-refractivity contribution in [2.45, 2.75) is 25.0 Å². The molecule has 0 bridgehead atoms. The second kappa shape index (κ2) is 10.9. The first-order valence-corrected chi connectivity index (χ1v) is 12.5. The van der Waals surface area contributed by atoms with Crippen molar-refractivity contribution >= 4 is 34.0 Å². The largest absolute Gasteiger partial charge is 0.486 e. The van der Waals surface area contributed by atoms with Gasteiger partial charge in [0, 0.05) is 17.1 Å². The van der Waals surface area contributed by atoms with Crippen LogP contribution in [0.4, 0.5) is 4.39 Å². The maximum atomic E-state index is 14.7. The smallest absolute Gasteiger partial charge is 0.274 e. The van der Waals surface area contributed by atoms with Crippen LogP contribution in [0.2, 0.25) is 5.02 Å². The van der Waals surface area contributed by atoms with E-state index in [2.05, 4.69) is 15.4 Å². The lowest BCUT2D eigenvalue weighted by molar-refractivity contribution is -0.116. The second-order valence-electron chi connectivity index (χ2n) is 9.21. The Morgan fingerprint density at radius 1 is 1.08 bits per heavy atom. The number of carbonyl (C=O) groups excluding carboxylic acids is 1. The van der Waals surface area contributed by atoms with E-state index in [1.807, 2.05) is 6.07 Å². The number of nitrogens with zero attached hydrogens (tertiary/aromatic N) is 2. The van der Waals surface area contributed by atoms with Crippen molar-refractivity contribution in [2.24, 2.45) is 5.16 Å². The lowest BCUT2D eigenvalue weighted by Crippen LogP contribution is -2.49. The molecule has 2 aliphatic rings. The highest BCUT2D eigenvalue weighted by Gasteiger charge is 2.30. The van der Waals surface area contributed by atoms with Crippen LogP contribution in [-0.4, -0.2) is 65.7 Å². The number of rotatable bonds is 7. The number of ether oxygens (including phenoxy) is 2. The molecule has 5 rings (SSSR count). The van der Waals surface area contributed by atoms with E-state index in [0.29, 0.717) is 17.1 Å². The lowest BCUT2D eigenvalue weighted by atomic mass is 9.99. The zero-order chi connectivity index (χ0) is 25.9. The van der Waals surface area contributed by atoms with E-state index >= 15 is 0 Å². The molecule has 0 radical (unpaired) electrons. The molecule has 0 saturated carbocycles. The minimum Gasteiger partial charge on any atom is -0.486 e. The van der Waals surface area contributed by atoms with Crippen molar-refractivity contribution < 1.29 is 29.0 Å². The molecule has 37 heavy (non-hydrogen) atoms. The normalized spacial score (nSPS) is 17.5. The number of hydrogen-bond acceptors (Lipinski definition) is 7. The Hall–Kier alpha value is -3.40. The zero-order valence-electron chi connectivity index (χ0n) is 20.0. The van der Waals surface area contributed by atoms with Crippen LogP contribution >= 0.6 is 11.6 Å². The summed E-state index contributed by atoms with van der Waals surface area (Å²) >= 11 is 6.06. The average molecular weight is 528 g/mol. The molecular weight excluding hydrogens is 501 g/mol. The van der Waals surface area contributed by atoms with E-state index in [0.717, 1.165) is 36.7 Å². The standard InChI is InChI=1S/C27H27ClFN3O5/c28-20-6-5-16-11-18(4-3-17(16)12-20)24(31-35)27(34)30-22(15-32-7-1-2-8-32)25(33)19-13-21(29)26-23(14-19)36-9-10-37-26/h3-6,11-14,22,25,33,35H,1-2,7-10,15H2,(H,30,34)/t22-,25-/m1/s1. The van der Waals surface area contributed by atoms with Crippen LogP contribution in [0.3, 0.4) is 0 Å². The van der Waals surface area contributed by atoms with Crippen molar-refractivity contribution in [1.29, 1.82) is 0 Å². The summed E-state index contributed by atoms with van der Waals surface area (Å²) in [5, 5.41) is 29.4. The van der Waals surface area contributed by atoms with E-state index < -0.39 is 23.9 Å². The van der Waals surface area contributed by atoms with Gasteiger partial charge in [-0.05, 0) is 72.6 Å². The third-order valence-electron chi connectivity index (χ3n) is 6.70. The van der Waals surface area contributed by atoms with E-state index in [1.165, 1.54) is 12.1 Å². The zero-order valence-corrected chi connectivity index (χ0v) is 20.7. The number of carbonyl (C=O) groups is 1. The number of likely N-dealkylation sites (tertiary alicyclic amines) is 1. The molecule has 0 spiro atoms. The Morgan fingerprint density at radius 3 is 2.59 bits per heavy atom. The number of nitrogens with one attached hydrogen (secondary N) is 1. The van der Waals surface area contributed by atoms with Crippen molar-refractivity contribution in [3.63, 3.8) is 0 Å². The summed E-state index contributed by atoms with van der Waals surface area (Å²) in [5.74, 6) is -1.10. The van der Waals surface area contributed by atoms with Gasteiger partial charge in [0.1, 0.15) is 19.3 Å². The molecule has 2 heterocycles. The number of halogens is 2. The molecule has 2 atom stereocenters. The molecule has 0 unspecified atom stereocenters. The number of hydrogen-bond donors (Lipinski definition) is 3. The van der Waals surface area contributed by atoms with Crippen LogP contribution in [0, 0.1) is 5.82 Å². The van der Waals surface area contributed by atoms with Gasteiger partial charge in [0.25, 0.3) is 5.91 Å². The highest BCUT2D eigenvalue weighted by atomic mass is 35.5. The van der Waals surface area contributed by atoms with Crippen LogP contribution in [0.15, 0.2) is 53.7 Å². The number of amides is 1. The highest BCUT2D eigenvalue weighted by Crippen LogP contribution is 2.36. The van der Waals surface area contributed by atoms with Gasteiger partial charge in [-0.15, -0.1) is 0 Å². The fraction of sp³-hybridized carbons (Fsp3) is 0.333. The summed E-state index contributed by atoms with van der Waals surface area (Å²) < 4.78 is 25.6. The molecular formula is C27H27ClFN3O5. The summed E-state index contributed by atoms with van der Waals surface area (Å²) in [6.45, 7) is 2.49. The Bertz CT molecular complexity index is 1350. The molecule has 1 saturated heterocycles. The monoisotopic (exact) mass is 527 g/mol. The number of fused-ring (bicyclic) bond motifs is 2. The summed E-state index contributed by atoms with van der Waals surface area (Å²) in [6.07, 6.45) is 0.772. The highest BCUT2D eigenvalue weighted by molar-refractivity contribution is 6.45. The molecule has 10 heteroatoms. The fourth-order valence-electron chi connectivity index (χ4n) is 4.84. The molecule has 194 valence electrons. The maximum absolute atomic E-state index is 14.7. The Balaban J connectivity index is 1.41. The summed E-state index contributed by atoms with van der Waals surface area (Å²) in [5.41, 5.74) is 0.440. The first-order valence-electron chi connectivity index (χ1n) is 12.1. The molecule has 3 N–H and O–H groups in total. The molecule has 3 aromatic carbocycles. The molecule has 3 aromatic rings. The van der Waals surface area contributed by atoms with Crippen LogP contribution < -0.4 is 14.8 Å². The fourth-order valence-corrected chi connectivity index (χ4v) is 5.02. The second-order valence-corrected chi connectivity index (χ2v) is 9.65. The average Bonchev–Trinajstić information content (AvgIpc) is 3.41. The van der Waals surface area contributed by atoms with Crippen LogP contribution in [0.5, 0.6) is 11.5 Å². The van der Waals surface area contributed by atoms with Crippen molar-refractivity contribution in [3.05, 3.63) is 70.5 Å². The van der Waals surface area contributed by atoms with Gasteiger partial charge in [-0.25, -0.2) is 4.39 Å². The number of benzene rings is 3. The van der Waals surface area contributed by atoms with Crippen LogP contribution in [0.25, 0.3) is 10.8 Å². The third-order valence-corrected chi connectivity index (χ3v) is 6.94. The van der Waals surface area contributed by atoms with Crippen LogP contribution in [0.1, 0.15) is 30.1 Å². The van der Waals surface area contributed by atoms with Crippen molar-refractivity contribution in [2.75, 3.05) is 32.8 Å². The molecule has 0 aromatic heterocycles. The number of aliphatic hydroxyl groups excluding tert-OH is 1.